The fourth-order valence-electron chi connectivity index (χ4n) is 1.39. The third-order valence-electron chi connectivity index (χ3n) is 2.96. The summed E-state index contributed by atoms with van der Waals surface area (Å²) in [5.74, 6) is -0.434. The smallest absolute Gasteiger partial charge is 0.237 e. The predicted molar refractivity (Wildman–Crippen MR) is 71.7 cm³/mol. The van der Waals surface area contributed by atoms with Crippen molar-refractivity contribution < 1.29 is 10.0 Å². The first-order valence-corrected chi connectivity index (χ1v) is 5.65. The average Bonchev–Trinajstić information content (AvgIpc) is 2.32. The largest absolute Gasteiger partial charge is 0.409 e. The van der Waals surface area contributed by atoms with Gasteiger partial charge < -0.3 is 16.3 Å². The van der Waals surface area contributed by atoms with Gasteiger partial charge >= 0.3 is 0 Å². The van der Waals surface area contributed by atoms with Gasteiger partial charge in [0.25, 0.3) is 0 Å². The van der Waals surface area contributed by atoms with Crippen LogP contribution in [-0.4, -0.2) is 17.0 Å². The molecule has 5 heteroatoms. The second-order valence-corrected chi connectivity index (χ2v) is 4.88. The molecule has 0 heterocycles. The van der Waals surface area contributed by atoms with Gasteiger partial charge in [-0.3, -0.25) is 4.79 Å². The molecule has 5 nitrogen and oxygen atoms in total. The molecule has 0 saturated heterocycles. The van der Waals surface area contributed by atoms with E-state index in [9.17, 15) is 4.79 Å². The maximum absolute atomic E-state index is 12.1. The minimum Gasteiger partial charge on any atom is -0.409 e. The van der Waals surface area contributed by atoms with Crippen molar-refractivity contribution in [2.75, 3.05) is 5.32 Å². The Labute approximate surface area is 107 Å². The number of carbonyl (C=O) groups is 1. The molecule has 0 unspecified atom stereocenters. The van der Waals surface area contributed by atoms with Crippen LogP contribution in [0.3, 0.4) is 0 Å². The van der Waals surface area contributed by atoms with E-state index in [0.29, 0.717) is 0 Å². The van der Waals surface area contributed by atoms with E-state index in [2.05, 4.69) is 10.5 Å². The molecule has 0 saturated carbocycles. The molecule has 1 rings (SSSR count). The molecule has 0 aliphatic carbocycles. The fraction of sp³-hybridized carbons (Fsp3) is 0.385. The number of benzene rings is 1. The number of carbonyl (C=O) groups excluding carboxylic acids is 1. The van der Waals surface area contributed by atoms with Crippen molar-refractivity contribution in [3.05, 3.63) is 29.3 Å². The summed E-state index contributed by atoms with van der Waals surface area (Å²) in [6.45, 7) is 7.06. The lowest BCUT2D eigenvalue weighted by molar-refractivity contribution is -0.121. The molecule has 0 fully saturated rings. The SMILES string of the molecule is Cc1ccc(C)c(NC(=O)C(C)(C)C(N)=NO)c1. The number of nitrogens with two attached hydrogens (primary N) is 1. The Bertz CT molecular complexity index is 493. The number of amides is 1. The van der Waals surface area contributed by atoms with E-state index in [-0.39, 0.29) is 11.7 Å². The number of amidine groups is 1. The molecule has 0 aliphatic rings. The van der Waals surface area contributed by atoms with E-state index in [1.807, 2.05) is 32.0 Å². The molecule has 0 spiro atoms. The Morgan fingerprint density at radius 3 is 2.56 bits per heavy atom. The number of aryl methyl sites for hydroxylation is 2. The molecular weight excluding hydrogens is 230 g/mol. The number of oxime groups is 1. The van der Waals surface area contributed by atoms with Gasteiger partial charge in [-0.2, -0.15) is 0 Å². The van der Waals surface area contributed by atoms with Gasteiger partial charge in [-0.1, -0.05) is 17.3 Å². The predicted octanol–water partition coefficient (Wildman–Crippen LogP) is 2.01. The van der Waals surface area contributed by atoms with Gasteiger partial charge in [0.15, 0.2) is 5.84 Å². The van der Waals surface area contributed by atoms with E-state index in [0.717, 1.165) is 16.8 Å². The molecule has 1 amide bonds. The summed E-state index contributed by atoms with van der Waals surface area (Å²) in [5, 5.41) is 14.4. The third kappa shape index (κ3) is 2.80. The standard InChI is InChI=1S/C13H19N3O2/c1-8-5-6-9(2)10(7-8)15-12(17)13(3,4)11(14)16-18/h5-7,18H,1-4H3,(H2,14,16)(H,15,17). The quantitative estimate of drug-likeness (QED) is 0.331. The highest BCUT2D eigenvalue weighted by molar-refractivity contribution is 6.11. The van der Waals surface area contributed by atoms with Gasteiger partial charge in [0, 0.05) is 5.69 Å². The highest BCUT2D eigenvalue weighted by atomic mass is 16.4. The van der Waals surface area contributed by atoms with Gasteiger partial charge in [0.2, 0.25) is 5.91 Å². The van der Waals surface area contributed by atoms with Crippen LogP contribution in [0.5, 0.6) is 0 Å². The molecule has 0 aliphatic heterocycles. The summed E-state index contributed by atoms with van der Waals surface area (Å²) in [4.78, 5) is 12.1. The summed E-state index contributed by atoms with van der Waals surface area (Å²) in [5.41, 5.74) is 7.20. The molecule has 0 atom stereocenters. The average molecular weight is 249 g/mol. The first-order valence-electron chi connectivity index (χ1n) is 5.65. The first-order chi connectivity index (χ1) is 8.28. The summed E-state index contributed by atoms with van der Waals surface area (Å²) in [6.07, 6.45) is 0. The number of rotatable bonds is 3. The van der Waals surface area contributed by atoms with Crippen LogP contribution in [0.25, 0.3) is 0 Å². The second kappa shape index (κ2) is 5.08. The topological polar surface area (TPSA) is 87.7 Å². The molecule has 0 radical (unpaired) electrons. The number of nitrogens with one attached hydrogen (secondary N) is 1. The van der Waals surface area contributed by atoms with Crippen LogP contribution >= 0.6 is 0 Å². The molecule has 4 N–H and O–H groups in total. The minimum absolute atomic E-state index is 0.120. The summed E-state index contributed by atoms with van der Waals surface area (Å²) >= 11 is 0. The van der Waals surface area contributed by atoms with Crippen LogP contribution in [0.15, 0.2) is 23.4 Å². The Kier molecular flexibility index (Phi) is 3.96. The van der Waals surface area contributed by atoms with Crippen LogP contribution in [-0.2, 0) is 4.79 Å². The van der Waals surface area contributed by atoms with Crippen LogP contribution in [0, 0.1) is 19.3 Å². The van der Waals surface area contributed by atoms with Gasteiger partial charge in [0.1, 0.15) is 5.41 Å². The van der Waals surface area contributed by atoms with Gasteiger partial charge in [-0.25, -0.2) is 0 Å². The lowest BCUT2D eigenvalue weighted by atomic mass is 9.90. The van der Waals surface area contributed by atoms with Crippen molar-refractivity contribution in [2.45, 2.75) is 27.7 Å². The number of nitrogens with zero attached hydrogens (tertiary/aromatic N) is 1. The van der Waals surface area contributed by atoms with Crippen molar-refractivity contribution in [3.8, 4) is 0 Å². The lowest BCUT2D eigenvalue weighted by Crippen LogP contribution is -2.42. The van der Waals surface area contributed by atoms with Gasteiger partial charge in [-0.05, 0) is 44.9 Å². The van der Waals surface area contributed by atoms with E-state index < -0.39 is 5.41 Å². The second-order valence-electron chi connectivity index (χ2n) is 4.88. The normalized spacial score (nSPS) is 12.3. The van der Waals surface area contributed by atoms with Crippen molar-refractivity contribution in [3.63, 3.8) is 0 Å². The van der Waals surface area contributed by atoms with Crippen molar-refractivity contribution in [1.82, 2.24) is 0 Å². The van der Waals surface area contributed by atoms with Gasteiger partial charge in [-0.15, -0.1) is 0 Å². The zero-order valence-electron chi connectivity index (χ0n) is 11.1. The molecule has 18 heavy (non-hydrogen) atoms. The van der Waals surface area contributed by atoms with Crippen molar-refractivity contribution in [2.24, 2.45) is 16.3 Å². The molecule has 0 aromatic heterocycles. The molecular formula is C13H19N3O2. The van der Waals surface area contributed by atoms with E-state index in [1.54, 1.807) is 13.8 Å². The Morgan fingerprint density at radius 1 is 1.39 bits per heavy atom. The maximum Gasteiger partial charge on any atom is 0.237 e. The number of hydrogen-bond acceptors (Lipinski definition) is 3. The number of hydrogen-bond donors (Lipinski definition) is 3. The third-order valence-corrected chi connectivity index (χ3v) is 2.96. The highest BCUT2D eigenvalue weighted by Gasteiger charge is 2.33. The van der Waals surface area contributed by atoms with Crippen LogP contribution in [0.2, 0.25) is 0 Å². The Morgan fingerprint density at radius 2 is 2.00 bits per heavy atom. The lowest BCUT2D eigenvalue weighted by Gasteiger charge is -2.22. The molecule has 0 bridgehead atoms. The van der Waals surface area contributed by atoms with Crippen LogP contribution < -0.4 is 11.1 Å². The van der Waals surface area contributed by atoms with Crippen molar-refractivity contribution in [1.29, 1.82) is 0 Å². The molecule has 98 valence electrons. The van der Waals surface area contributed by atoms with Crippen LogP contribution in [0.4, 0.5) is 5.69 Å². The molecule has 1 aromatic carbocycles. The summed E-state index contributed by atoms with van der Waals surface area (Å²) in [7, 11) is 0. The Hall–Kier alpha value is -2.04. The van der Waals surface area contributed by atoms with E-state index >= 15 is 0 Å². The van der Waals surface area contributed by atoms with Crippen molar-refractivity contribution >= 4 is 17.4 Å². The molecule has 1 aromatic rings. The number of anilines is 1. The highest BCUT2D eigenvalue weighted by Crippen LogP contribution is 2.22. The minimum atomic E-state index is -1.06. The zero-order chi connectivity index (χ0) is 13.9. The zero-order valence-corrected chi connectivity index (χ0v) is 11.1. The Balaban J connectivity index is 2.98. The summed E-state index contributed by atoms with van der Waals surface area (Å²) < 4.78 is 0. The van der Waals surface area contributed by atoms with E-state index in [4.69, 9.17) is 10.9 Å². The fourth-order valence-corrected chi connectivity index (χ4v) is 1.39. The van der Waals surface area contributed by atoms with Crippen LogP contribution in [0.1, 0.15) is 25.0 Å². The maximum atomic E-state index is 12.1. The summed E-state index contributed by atoms with van der Waals surface area (Å²) in [6, 6.07) is 5.79. The monoisotopic (exact) mass is 249 g/mol. The first kappa shape index (κ1) is 14.0. The van der Waals surface area contributed by atoms with E-state index in [1.165, 1.54) is 0 Å². The van der Waals surface area contributed by atoms with Gasteiger partial charge in [0.05, 0.1) is 0 Å².